The fraction of sp³-hybridized carbons (Fsp3) is 0.318. The molecule has 234 valence electrons. The topological polar surface area (TPSA) is 9.86 Å². The van der Waals surface area contributed by atoms with Crippen LogP contribution < -0.4 is 0 Å². The molecule has 0 aliphatic rings. The largest absolute Gasteiger partial charge is 0.309 e. The van der Waals surface area contributed by atoms with Gasteiger partial charge >= 0.3 is 0 Å². The van der Waals surface area contributed by atoms with E-state index in [0.29, 0.717) is 0 Å². The molecule has 0 N–H and O–H groups in total. The van der Waals surface area contributed by atoms with Gasteiger partial charge in [0.1, 0.15) is 0 Å². The molecule has 0 aliphatic carbocycles. The highest BCUT2D eigenvalue weighted by atomic mass is 15.0. The second-order valence-electron chi connectivity index (χ2n) is 13.6. The molecule has 46 heavy (non-hydrogen) atoms. The van der Waals surface area contributed by atoms with E-state index < -0.39 is 0 Å². The normalized spacial score (nSPS) is 12.2. The van der Waals surface area contributed by atoms with Gasteiger partial charge in [-0.05, 0) is 54.7 Å². The molecule has 2 heteroatoms. The first-order valence-corrected chi connectivity index (χ1v) is 17.8. The first-order valence-electron chi connectivity index (χ1n) is 17.8. The number of aromatic nitrogens is 2. The Morgan fingerprint density at radius 3 is 1.11 bits per heavy atom. The molecule has 0 atom stereocenters. The maximum Gasteiger partial charge on any atom is 0.0541 e. The smallest absolute Gasteiger partial charge is 0.0541 e. The summed E-state index contributed by atoms with van der Waals surface area (Å²) in [4.78, 5) is 0. The molecule has 0 bridgehead atoms. The molecule has 7 rings (SSSR count). The average Bonchev–Trinajstić information content (AvgIpc) is 3.61. The quantitative estimate of drug-likeness (QED) is 0.116. The van der Waals surface area contributed by atoms with Gasteiger partial charge in [0.25, 0.3) is 0 Å². The monoisotopic (exact) mass is 604 g/mol. The maximum absolute atomic E-state index is 2.59. The minimum absolute atomic E-state index is 0.00631. The molecular formula is C44H48N2. The van der Waals surface area contributed by atoms with Gasteiger partial charge in [0.2, 0.25) is 0 Å². The highest BCUT2D eigenvalue weighted by Gasteiger charge is 2.33. The van der Waals surface area contributed by atoms with E-state index in [1.54, 1.807) is 0 Å². The molecule has 0 saturated heterocycles. The van der Waals surface area contributed by atoms with Crippen LogP contribution in [0.15, 0.2) is 115 Å². The van der Waals surface area contributed by atoms with Crippen LogP contribution in [0.2, 0.25) is 0 Å². The van der Waals surface area contributed by atoms with Crippen molar-refractivity contribution in [3.05, 3.63) is 121 Å². The minimum atomic E-state index is 0.00631. The summed E-state index contributed by atoms with van der Waals surface area (Å²) in [7, 11) is 0. The molecular weight excluding hydrogens is 556 g/mol. The Labute approximate surface area is 274 Å². The van der Waals surface area contributed by atoms with Crippen LogP contribution in [0.3, 0.4) is 0 Å². The van der Waals surface area contributed by atoms with Crippen molar-refractivity contribution in [1.29, 1.82) is 0 Å². The van der Waals surface area contributed by atoms with E-state index in [9.17, 15) is 0 Å². The lowest BCUT2D eigenvalue weighted by Gasteiger charge is -2.35. The van der Waals surface area contributed by atoms with Crippen molar-refractivity contribution in [2.75, 3.05) is 0 Å². The third-order valence-corrected chi connectivity index (χ3v) is 10.4. The number of benzene rings is 5. The Kier molecular flexibility index (Phi) is 8.71. The summed E-state index contributed by atoms with van der Waals surface area (Å²) in [6.45, 7) is 7.23. The predicted octanol–water partition coefficient (Wildman–Crippen LogP) is 13.1. The summed E-state index contributed by atoms with van der Waals surface area (Å²) in [5.74, 6) is 0. The van der Waals surface area contributed by atoms with Crippen molar-refractivity contribution in [3.8, 4) is 11.4 Å². The minimum Gasteiger partial charge on any atom is -0.309 e. The van der Waals surface area contributed by atoms with E-state index >= 15 is 0 Å². The van der Waals surface area contributed by atoms with Crippen molar-refractivity contribution >= 4 is 43.6 Å². The first-order chi connectivity index (χ1) is 22.7. The summed E-state index contributed by atoms with van der Waals surface area (Å²) < 4.78 is 5.15. The lowest BCUT2D eigenvalue weighted by Crippen LogP contribution is -2.26. The standard InChI is InChI=1S/C44H48N2/c1-4-6-8-18-31-44(3,32-19-9-7-5-2)43-41(45-37-25-14-10-21-33(37)34-22-11-15-26-38(34)45)29-20-30-42(43)46-39-27-16-12-23-35(39)36-24-13-17-28-40(36)46/h10-17,20-30H,4-9,18-19,31-32H2,1-3H3. The molecule has 2 nitrogen and oxygen atoms in total. The van der Waals surface area contributed by atoms with E-state index in [1.165, 1.54) is 125 Å². The highest BCUT2D eigenvalue weighted by Crippen LogP contribution is 2.46. The van der Waals surface area contributed by atoms with Crippen LogP contribution >= 0.6 is 0 Å². The predicted molar refractivity (Wildman–Crippen MR) is 200 cm³/mol. The Bertz CT molecular complexity index is 1860. The number of para-hydroxylation sites is 4. The molecule has 2 aromatic heterocycles. The second-order valence-corrected chi connectivity index (χ2v) is 13.6. The zero-order valence-corrected chi connectivity index (χ0v) is 27.9. The number of rotatable bonds is 13. The number of hydrogen-bond acceptors (Lipinski definition) is 0. The van der Waals surface area contributed by atoms with E-state index in [4.69, 9.17) is 0 Å². The maximum atomic E-state index is 2.59. The van der Waals surface area contributed by atoms with Gasteiger partial charge in [0.05, 0.1) is 33.4 Å². The zero-order chi connectivity index (χ0) is 31.5. The van der Waals surface area contributed by atoms with Crippen molar-refractivity contribution < 1.29 is 0 Å². The molecule has 0 spiro atoms. The lowest BCUT2D eigenvalue weighted by atomic mass is 9.72. The van der Waals surface area contributed by atoms with E-state index in [-0.39, 0.29) is 5.41 Å². The second kappa shape index (κ2) is 13.2. The fourth-order valence-electron chi connectivity index (χ4n) is 8.14. The number of fused-ring (bicyclic) bond motifs is 6. The van der Waals surface area contributed by atoms with Crippen molar-refractivity contribution in [1.82, 2.24) is 9.13 Å². The van der Waals surface area contributed by atoms with Crippen LogP contribution in [0.4, 0.5) is 0 Å². The Morgan fingerprint density at radius 1 is 0.413 bits per heavy atom. The summed E-state index contributed by atoms with van der Waals surface area (Å²) in [6.07, 6.45) is 12.6. The van der Waals surface area contributed by atoms with Crippen molar-refractivity contribution in [3.63, 3.8) is 0 Å². The van der Waals surface area contributed by atoms with Gasteiger partial charge in [0, 0.05) is 27.1 Å². The zero-order valence-electron chi connectivity index (χ0n) is 27.9. The van der Waals surface area contributed by atoms with Crippen LogP contribution in [0.1, 0.15) is 90.5 Å². The van der Waals surface area contributed by atoms with Gasteiger partial charge in [-0.3, -0.25) is 0 Å². The number of hydrogen-bond donors (Lipinski definition) is 0. The summed E-state index contributed by atoms with van der Waals surface area (Å²) in [6, 6.07) is 43.0. The van der Waals surface area contributed by atoms with Crippen LogP contribution in [0, 0.1) is 0 Å². The first kappa shape index (κ1) is 30.4. The van der Waals surface area contributed by atoms with Gasteiger partial charge in [-0.1, -0.05) is 151 Å². The van der Waals surface area contributed by atoms with Crippen LogP contribution in [-0.2, 0) is 5.41 Å². The number of unbranched alkanes of at least 4 members (excludes halogenated alkanes) is 6. The summed E-state index contributed by atoms with van der Waals surface area (Å²) in [5.41, 5.74) is 9.27. The Balaban J connectivity index is 1.57. The van der Waals surface area contributed by atoms with Crippen LogP contribution in [0.25, 0.3) is 55.0 Å². The number of nitrogens with zero attached hydrogens (tertiary/aromatic N) is 2. The highest BCUT2D eigenvalue weighted by molar-refractivity contribution is 6.10. The van der Waals surface area contributed by atoms with Gasteiger partial charge in [-0.2, -0.15) is 0 Å². The fourth-order valence-corrected chi connectivity index (χ4v) is 8.14. The molecule has 0 aliphatic heterocycles. The Hall–Kier alpha value is -4.30. The molecule has 0 radical (unpaired) electrons. The van der Waals surface area contributed by atoms with E-state index in [0.717, 1.165) is 0 Å². The molecule has 0 unspecified atom stereocenters. The van der Waals surface area contributed by atoms with Crippen molar-refractivity contribution in [2.45, 2.75) is 90.4 Å². The Morgan fingerprint density at radius 2 is 0.761 bits per heavy atom. The third-order valence-electron chi connectivity index (χ3n) is 10.4. The van der Waals surface area contributed by atoms with Gasteiger partial charge in [0.15, 0.2) is 0 Å². The van der Waals surface area contributed by atoms with Crippen molar-refractivity contribution in [2.24, 2.45) is 0 Å². The van der Waals surface area contributed by atoms with Gasteiger partial charge in [-0.15, -0.1) is 0 Å². The van der Waals surface area contributed by atoms with Gasteiger partial charge in [-0.25, -0.2) is 0 Å². The van der Waals surface area contributed by atoms with Crippen LogP contribution in [0.5, 0.6) is 0 Å². The molecule has 0 fully saturated rings. The summed E-state index contributed by atoms with van der Waals surface area (Å²) >= 11 is 0. The molecule has 7 aromatic rings. The van der Waals surface area contributed by atoms with Crippen LogP contribution in [-0.4, -0.2) is 9.13 Å². The average molecular weight is 605 g/mol. The van der Waals surface area contributed by atoms with E-state index in [1.807, 2.05) is 0 Å². The third kappa shape index (κ3) is 5.32. The van der Waals surface area contributed by atoms with Gasteiger partial charge < -0.3 is 9.13 Å². The SMILES string of the molecule is CCCCCCC(C)(CCCCCC)c1c(-n2c3ccccc3c3ccccc32)cccc1-n1c2ccccc2c2ccccc21. The molecule has 0 amide bonds. The van der Waals surface area contributed by atoms with E-state index in [2.05, 4.69) is 145 Å². The lowest BCUT2D eigenvalue weighted by molar-refractivity contribution is 0.363. The molecule has 0 saturated carbocycles. The summed E-state index contributed by atoms with van der Waals surface area (Å²) in [5, 5.41) is 5.27. The molecule has 5 aromatic carbocycles. The molecule has 2 heterocycles.